The second-order valence-electron chi connectivity index (χ2n) is 5.75. The maximum absolute atomic E-state index is 12.0. The smallest absolute Gasteiger partial charge is 0.246 e. The average Bonchev–Trinajstić information content (AvgIpc) is 3.00. The van der Waals surface area contributed by atoms with Crippen LogP contribution in [0.2, 0.25) is 0 Å². The van der Waals surface area contributed by atoms with Crippen LogP contribution in [-0.2, 0) is 9.53 Å². The van der Waals surface area contributed by atoms with Crippen LogP contribution in [0.3, 0.4) is 0 Å². The number of hydrogen-bond acceptors (Lipinski definition) is 4. The number of anilines is 1. The molecule has 2 fully saturated rings. The standard InChI is InChI=1S/C17H22N2O3/c20-16-7-8-19(13-16)17(21)6-3-14-1-4-15(5-2-14)18-9-11-22-12-10-18/h1-6,16,20H,7-13H2/t16-/m1/s1. The van der Waals surface area contributed by atoms with E-state index in [2.05, 4.69) is 17.0 Å². The van der Waals surface area contributed by atoms with Crippen molar-refractivity contribution in [2.24, 2.45) is 0 Å². The third kappa shape index (κ3) is 3.67. The number of amides is 1. The van der Waals surface area contributed by atoms with E-state index in [9.17, 15) is 9.90 Å². The van der Waals surface area contributed by atoms with E-state index in [1.807, 2.05) is 18.2 Å². The van der Waals surface area contributed by atoms with E-state index in [1.165, 1.54) is 5.69 Å². The Morgan fingerprint density at radius 2 is 1.91 bits per heavy atom. The molecule has 118 valence electrons. The van der Waals surface area contributed by atoms with Gasteiger partial charge in [-0.05, 0) is 30.2 Å². The average molecular weight is 302 g/mol. The number of β-amino-alcohol motifs (C(OH)–C–C–N with tert-alkyl or cyclic N) is 1. The van der Waals surface area contributed by atoms with Crippen molar-refractivity contribution in [1.82, 2.24) is 4.90 Å². The SMILES string of the molecule is O=C(C=Cc1ccc(N2CCOCC2)cc1)N1CC[C@@H](O)C1. The molecule has 1 N–H and O–H groups in total. The van der Waals surface area contributed by atoms with Crippen molar-refractivity contribution in [3.63, 3.8) is 0 Å². The summed E-state index contributed by atoms with van der Waals surface area (Å²) in [5, 5.41) is 9.46. The van der Waals surface area contributed by atoms with Crippen LogP contribution in [0.4, 0.5) is 5.69 Å². The van der Waals surface area contributed by atoms with Crippen LogP contribution in [0.15, 0.2) is 30.3 Å². The molecule has 1 amide bonds. The van der Waals surface area contributed by atoms with Gasteiger partial charge in [0, 0.05) is 37.9 Å². The molecule has 0 radical (unpaired) electrons. The summed E-state index contributed by atoms with van der Waals surface area (Å²) >= 11 is 0. The van der Waals surface area contributed by atoms with Gasteiger partial charge in [-0.2, -0.15) is 0 Å². The molecule has 1 aromatic rings. The van der Waals surface area contributed by atoms with Gasteiger partial charge in [0.25, 0.3) is 0 Å². The van der Waals surface area contributed by atoms with E-state index in [4.69, 9.17) is 4.74 Å². The van der Waals surface area contributed by atoms with Gasteiger partial charge in [-0.1, -0.05) is 12.1 Å². The zero-order valence-electron chi connectivity index (χ0n) is 12.6. The zero-order chi connectivity index (χ0) is 15.4. The molecule has 5 nitrogen and oxygen atoms in total. The van der Waals surface area contributed by atoms with Crippen molar-refractivity contribution in [1.29, 1.82) is 0 Å². The number of hydrogen-bond donors (Lipinski definition) is 1. The van der Waals surface area contributed by atoms with E-state index < -0.39 is 0 Å². The van der Waals surface area contributed by atoms with Crippen LogP contribution < -0.4 is 4.90 Å². The van der Waals surface area contributed by atoms with Crippen LogP contribution in [0, 0.1) is 0 Å². The summed E-state index contributed by atoms with van der Waals surface area (Å²) in [4.78, 5) is 16.0. The summed E-state index contributed by atoms with van der Waals surface area (Å²) in [7, 11) is 0. The van der Waals surface area contributed by atoms with Gasteiger partial charge in [0.2, 0.25) is 5.91 Å². The fourth-order valence-electron chi connectivity index (χ4n) is 2.83. The number of nitrogens with zero attached hydrogens (tertiary/aromatic N) is 2. The van der Waals surface area contributed by atoms with Crippen molar-refractivity contribution >= 4 is 17.7 Å². The Kier molecular flexibility index (Phi) is 4.75. The fourth-order valence-corrected chi connectivity index (χ4v) is 2.83. The lowest BCUT2D eigenvalue weighted by atomic mass is 10.1. The highest BCUT2D eigenvalue weighted by atomic mass is 16.5. The first-order chi connectivity index (χ1) is 10.7. The fraction of sp³-hybridized carbons (Fsp3) is 0.471. The zero-order valence-corrected chi connectivity index (χ0v) is 12.6. The first-order valence-electron chi connectivity index (χ1n) is 7.80. The lowest BCUT2D eigenvalue weighted by molar-refractivity contribution is -0.125. The van der Waals surface area contributed by atoms with Crippen molar-refractivity contribution in [3.8, 4) is 0 Å². The number of rotatable bonds is 3. The maximum atomic E-state index is 12.0. The Morgan fingerprint density at radius 1 is 1.18 bits per heavy atom. The van der Waals surface area contributed by atoms with Gasteiger partial charge in [-0.3, -0.25) is 4.79 Å². The normalized spacial score (nSPS) is 22.5. The van der Waals surface area contributed by atoms with E-state index in [-0.39, 0.29) is 12.0 Å². The monoisotopic (exact) mass is 302 g/mol. The van der Waals surface area contributed by atoms with Crippen molar-refractivity contribution < 1.29 is 14.6 Å². The number of carbonyl (C=O) groups excluding carboxylic acids is 1. The quantitative estimate of drug-likeness (QED) is 0.851. The van der Waals surface area contributed by atoms with E-state index in [0.29, 0.717) is 19.5 Å². The third-order valence-electron chi connectivity index (χ3n) is 4.16. The molecular formula is C17H22N2O3. The summed E-state index contributed by atoms with van der Waals surface area (Å²) < 4.78 is 5.35. The van der Waals surface area contributed by atoms with Crippen LogP contribution in [0.5, 0.6) is 0 Å². The predicted molar refractivity (Wildman–Crippen MR) is 85.7 cm³/mol. The number of benzene rings is 1. The number of ether oxygens (including phenoxy) is 1. The molecule has 22 heavy (non-hydrogen) atoms. The van der Waals surface area contributed by atoms with Crippen LogP contribution >= 0.6 is 0 Å². The number of carbonyl (C=O) groups is 1. The highest BCUT2D eigenvalue weighted by Gasteiger charge is 2.22. The van der Waals surface area contributed by atoms with Crippen molar-refractivity contribution in [2.45, 2.75) is 12.5 Å². The number of aliphatic hydroxyl groups is 1. The summed E-state index contributed by atoms with van der Waals surface area (Å²) in [6, 6.07) is 8.20. The van der Waals surface area contributed by atoms with Gasteiger partial charge in [0.15, 0.2) is 0 Å². The highest BCUT2D eigenvalue weighted by molar-refractivity contribution is 5.92. The van der Waals surface area contributed by atoms with E-state index >= 15 is 0 Å². The summed E-state index contributed by atoms with van der Waals surface area (Å²) in [6.07, 6.45) is 3.72. The Bertz CT molecular complexity index is 535. The van der Waals surface area contributed by atoms with Crippen LogP contribution in [0.25, 0.3) is 6.08 Å². The molecule has 0 spiro atoms. The van der Waals surface area contributed by atoms with Crippen LogP contribution in [0.1, 0.15) is 12.0 Å². The molecule has 1 atom stereocenters. The van der Waals surface area contributed by atoms with Crippen molar-refractivity contribution in [3.05, 3.63) is 35.9 Å². The molecule has 0 saturated carbocycles. The van der Waals surface area contributed by atoms with E-state index in [1.54, 1.807) is 11.0 Å². The summed E-state index contributed by atoms with van der Waals surface area (Å²) in [5.41, 5.74) is 2.19. The molecule has 2 aliphatic rings. The molecule has 0 aliphatic carbocycles. The molecule has 2 aliphatic heterocycles. The minimum absolute atomic E-state index is 0.0335. The molecule has 2 heterocycles. The second-order valence-corrected chi connectivity index (χ2v) is 5.75. The van der Waals surface area contributed by atoms with E-state index in [0.717, 1.165) is 31.9 Å². The molecule has 3 rings (SSSR count). The van der Waals surface area contributed by atoms with Gasteiger partial charge in [-0.15, -0.1) is 0 Å². The van der Waals surface area contributed by atoms with Gasteiger partial charge in [0.05, 0.1) is 19.3 Å². The van der Waals surface area contributed by atoms with Crippen molar-refractivity contribution in [2.75, 3.05) is 44.3 Å². The summed E-state index contributed by atoms with van der Waals surface area (Å²) in [6.45, 7) is 4.48. The molecule has 0 bridgehead atoms. The Morgan fingerprint density at radius 3 is 2.55 bits per heavy atom. The molecule has 0 aromatic heterocycles. The molecule has 1 aromatic carbocycles. The van der Waals surface area contributed by atoms with Gasteiger partial charge < -0.3 is 19.6 Å². The minimum Gasteiger partial charge on any atom is -0.391 e. The Labute approximate surface area is 130 Å². The molecule has 5 heteroatoms. The number of aliphatic hydroxyl groups excluding tert-OH is 1. The molecule has 0 unspecified atom stereocenters. The molecular weight excluding hydrogens is 280 g/mol. The first kappa shape index (κ1) is 15.1. The van der Waals surface area contributed by atoms with Crippen LogP contribution in [-0.4, -0.2) is 61.4 Å². The second kappa shape index (κ2) is 6.94. The lowest BCUT2D eigenvalue weighted by Gasteiger charge is -2.28. The van der Waals surface area contributed by atoms with Gasteiger partial charge in [-0.25, -0.2) is 0 Å². The number of morpholine rings is 1. The molecule has 2 saturated heterocycles. The first-order valence-corrected chi connectivity index (χ1v) is 7.80. The Balaban J connectivity index is 1.58. The predicted octanol–water partition coefficient (Wildman–Crippen LogP) is 1.13. The topological polar surface area (TPSA) is 53.0 Å². The van der Waals surface area contributed by atoms with Gasteiger partial charge >= 0.3 is 0 Å². The minimum atomic E-state index is -0.370. The largest absolute Gasteiger partial charge is 0.391 e. The lowest BCUT2D eigenvalue weighted by Crippen LogP contribution is -2.36. The third-order valence-corrected chi connectivity index (χ3v) is 4.16. The maximum Gasteiger partial charge on any atom is 0.246 e. The van der Waals surface area contributed by atoms with Gasteiger partial charge in [0.1, 0.15) is 0 Å². The number of likely N-dealkylation sites (tertiary alicyclic amines) is 1. The Hall–Kier alpha value is -1.85. The summed E-state index contributed by atoms with van der Waals surface area (Å²) in [5.74, 6) is -0.0335. The highest BCUT2D eigenvalue weighted by Crippen LogP contribution is 2.17.